The van der Waals surface area contributed by atoms with Gasteiger partial charge in [0.15, 0.2) is 0 Å². The van der Waals surface area contributed by atoms with Gasteiger partial charge in [0.2, 0.25) is 0 Å². The molecule has 0 radical (unpaired) electrons. The van der Waals surface area contributed by atoms with Gasteiger partial charge in [-0.25, -0.2) is 0 Å². The molecule has 0 aromatic heterocycles. The van der Waals surface area contributed by atoms with Crippen LogP contribution in [-0.2, 0) is 0 Å². The molecule has 0 bridgehead atoms. The minimum Gasteiger partial charge on any atom is -0.388 e. The summed E-state index contributed by atoms with van der Waals surface area (Å²) in [6, 6.07) is 5.82. The van der Waals surface area contributed by atoms with Crippen molar-refractivity contribution in [1.82, 2.24) is 0 Å². The fourth-order valence-electron chi connectivity index (χ4n) is 1.92. The second-order valence-electron chi connectivity index (χ2n) is 4.73. The highest BCUT2D eigenvalue weighted by Gasteiger charge is 2.08. The number of unbranched alkanes of at least 4 members (excludes halogenated alkanes) is 4. The summed E-state index contributed by atoms with van der Waals surface area (Å²) in [6.07, 6.45) is 6.61. The van der Waals surface area contributed by atoms with E-state index >= 15 is 0 Å². The Bertz CT molecular complexity index is 336. The van der Waals surface area contributed by atoms with E-state index in [1.165, 1.54) is 25.7 Å². The number of hydrogen-bond donors (Lipinski definition) is 1. The third-order valence-electron chi connectivity index (χ3n) is 3.16. The van der Waals surface area contributed by atoms with Crippen LogP contribution in [0.15, 0.2) is 18.2 Å². The van der Waals surface area contributed by atoms with Crippen molar-refractivity contribution in [3.05, 3.63) is 34.3 Å². The predicted octanol–water partition coefficient (Wildman–Crippen LogP) is 5.04. The quantitative estimate of drug-likeness (QED) is 0.676. The number of rotatable bonds is 7. The Hall–Kier alpha value is -0.530. The third kappa shape index (κ3) is 5.10. The van der Waals surface area contributed by atoms with Crippen LogP contribution in [0.2, 0.25) is 5.02 Å². The Morgan fingerprint density at radius 1 is 1.18 bits per heavy atom. The van der Waals surface area contributed by atoms with E-state index in [2.05, 4.69) is 6.92 Å². The molecule has 0 aliphatic carbocycles. The number of aliphatic hydroxyl groups is 1. The maximum Gasteiger partial charge on any atom is 0.0790 e. The van der Waals surface area contributed by atoms with Crippen LogP contribution in [0.4, 0.5) is 0 Å². The molecule has 1 aromatic carbocycles. The molecular formula is C15H23ClO. The zero-order valence-electron chi connectivity index (χ0n) is 10.9. The molecule has 0 aliphatic heterocycles. The highest BCUT2D eigenvalue weighted by molar-refractivity contribution is 6.31. The molecule has 1 rings (SSSR count). The van der Waals surface area contributed by atoms with Crippen LogP contribution in [0, 0.1) is 6.92 Å². The van der Waals surface area contributed by atoms with Crippen LogP contribution < -0.4 is 0 Å². The van der Waals surface area contributed by atoms with Crippen LogP contribution in [0.5, 0.6) is 0 Å². The smallest absolute Gasteiger partial charge is 0.0790 e. The highest BCUT2D eigenvalue weighted by atomic mass is 35.5. The lowest BCUT2D eigenvalue weighted by molar-refractivity contribution is 0.163. The normalized spacial score (nSPS) is 12.7. The SMILES string of the molecule is CCCCCCCC(O)c1ccc(C)c(Cl)c1. The van der Waals surface area contributed by atoms with Gasteiger partial charge in [0.1, 0.15) is 0 Å². The van der Waals surface area contributed by atoms with E-state index in [1.807, 2.05) is 25.1 Å². The van der Waals surface area contributed by atoms with Crippen molar-refractivity contribution >= 4 is 11.6 Å². The molecule has 1 N–H and O–H groups in total. The molecule has 2 heteroatoms. The molecule has 96 valence electrons. The van der Waals surface area contributed by atoms with Gasteiger partial charge >= 0.3 is 0 Å². The van der Waals surface area contributed by atoms with Gasteiger partial charge < -0.3 is 5.11 Å². The molecule has 1 aromatic rings. The summed E-state index contributed by atoms with van der Waals surface area (Å²) in [5.41, 5.74) is 2.00. The second-order valence-corrected chi connectivity index (χ2v) is 5.13. The van der Waals surface area contributed by atoms with Crippen molar-refractivity contribution in [3.63, 3.8) is 0 Å². The minimum atomic E-state index is -0.366. The van der Waals surface area contributed by atoms with Crippen LogP contribution in [0.25, 0.3) is 0 Å². The van der Waals surface area contributed by atoms with E-state index in [0.29, 0.717) is 0 Å². The molecule has 0 aliphatic rings. The first-order chi connectivity index (χ1) is 8.15. The zero-order chi connectivity index (χ0) is 12.7. The summed E-state index contributed by atoms with van der Waals surface area (Å²) in [4.78, 5) is 0. The number of halogens is 1. The first kappa shape index (κ1) is 14.5. The summed E-state index contributed by atoms with van der Waals surface area (Å²) in [6.45, 7) is 4.19. The van der Waals surface area contributed by atoms with Gasteiger partial charge in [0.25, 0.3) is 0 Å². The summed E-state index contributed by atoms with van der Waals surface area (Å²) in [7, 11) is 0. The number of aliphatic hydroxyl groups excluding tert-OH is 1. The van der Waals surface area contributed by atoms with E-state index in [1.54, 1.807) is 0 Å². The van der Waals surface area contributed by atoms with Crippen molar-refractivity contribution in [3.8, 4) is 0 Å². The van der Waals surface area contributed by atoms with Gasteiger partial charge in [-0.2, -0.15) is 0 Å². The molecule has 0 fully saturated rings. The number of hydrogen-bond acceptors (Lipinski definition) is 1. The number of benzene rings is 1. The fraction of sp³-hybridized carbons (Fsp3) is 0.600. The van der Waals surface area contributed by atoms with Crippen molar-refractivity contribution < 1.29 is 5.11 Å². The molecule has 1 nitrogen and oxygen atoms in total. The van der Waals surface area contributed by atoms with Gasteiger partial charge in [-0.1, -0.05) is 62.8 Å². The van der Waals surface area contributed by atoms with Gasteiger partial charge in [-0.15, -0.1) is 0 Å². The molecule has 0 heterocycles. The van der Waals surface area contributed by atoms with E-state index < -0.39 is 0 Å². The molecule has 1 unspecified atom stereocenters. The average Bonchev–Trinajstić information content (AvgIpc) is 2.32. The lowest BCUT2D eigenvalue weighted by Crippen LogP contribution is -1.97. The number of aryl methyl sites for hydroxylation is 1. The average molecular weight is 255 g/mol. The lowest BCUT2D eigenvalue weighted by atomic mass is 10.0. The molecule has 0 spiro atoms. The highest BCUT2D eigenvalue weighted by Crippen LogP contribution is 2.24. The topological polar surface area (TPSA) is 20.2 Å². The fourth-order valence-corrected chi connectivity index (χ4v) is 2.11. The van der Waals surface area contributed by atoms with Crippen LogP contribution in [-0.4, -0.2) is 5.11 Å². The summed E-state index contributed by atoms with van der Waals surface area (Å²) < 4.78 is 0. The van der Waals surface area contributed by atoms with E-state index in [-0.39, 0.29) is 6.10 Å². The van der Waals surface area contributed by atoms with Gasteiger partial charge in [-0.3, -0.25) is 0 Å². The Balaban J connectivity index is 2.36. The third-order valence-corrected chi connectivity index (χ3v) is 3.57. The van der Waals surface area contributed by atoms with Crippen LogP contribution >= 0.6 is 11.6 Å². The van der Waals surface area contributed by atoms with E-state index in [4.69, 9.17) is 11.6 Å². The van der Waals surface area contributed by atoms with Gasteiger partial charge in [0.05, 0.1) is 6.10 Å². The Kier molecular flexibility index (Phi) is 6.61. The second kappa shape index (κ2) is 7.73. The summed E-state index contributed by atoms with van der Waals surface area (Å²) in [5.74, 6) is 0. The monoisotopic (exact) mass is 254 g/mol. The molecule has 0 saturated carbocycles. The largest absolute Gasteiger partial charge is 0.388 e. The lowest BCUT2D eigenvalue weighted by Gasteiger charge is -2.12. The van der Waals surface area contributed by atoms with Crippen molar-refractivity contribution in [2.75, 3.05) is 0 Å². The van der Waals surface area contributed by atoms with Crippen LogP contribution in [0.3, 0.4) is 0 Å². The molecule has 0 amide bonds. The van der Waals surface area contributed by atoms with Crippen molar-refractivity contribution in [2.45, 2.75) is 58.5 Å². The van der Waals surface area contributed by atoms with Gasteiger partial charge in [-0.05, 0) is 30.5 Å². The maximum absolute atomic E-state index is 10.0. The predicted molar refractivity (Wildman–Crippen MR) is 74.5 cm³/mol. The van der Waals surface area contributed by atoms with Crippen molar-refractivity contribution in [1.29, 1.82) is 0 Å². The maximum atomic E-state index is 10.0. The van der Waals surface area contributed by atoms with E-state index in [9.17, 15) is 5.11 Å². The Morgan fingerprint density at radius 2 is 1.88 bits per heavy atom. The zero-order valence-corrected chi connectivity index (χ0v) is 11.6. The molecule has 0 saturated heterocycles. The first-order valence-corrected chi connectivity index (χ1v) is 6.97. The summed E-state index contributed by atoms with van der Waals surface area (Å²) in [5, 5.41) is 10.8. The molecular weight excluding hydrogens is 232 g/mol. The molecule has 1 atom stereocenters. The Labute approximate surface area is 110 Å². The molecule has 17 heavy (non-hydrogen) atoms. The standard InChI is InChI=1S/C15H23ClO/c1-3-4-5-6-7-8-15(17)13-10-9-12(2)14(16)11-13/h9-11,15,17H,3-8H2,1-2H3. The minimum absolute atomic E-state index is 0.366. The van der Waals surface area contributed by atoms with E-state index in [0.717, 1.165) is 29.0 Å². The van der Waals surface area contributed by atoms with Crippen molar-refractivity contribution in [2.24, 2.45) is 0 Å². The van der Waals surface area contributed by atoms with Gasteiger partial charge in [0, 0.05) is 5.02 Å². The van der Waals surface area contributed by atoms with Crippen LogP contribution in [0.1, 0.15) is 62.7 Å². The first-order valence-electron chi connectivity index (χ1n) is 6.59. The Morgan fingerprint density at radius 3 is 2.53 bits per heavy atom. The summed E-state index contributed by atoms with van der Waals surface area (Å²) >= 11 is 6.05.